The Bertz CT molecular complexity index is 250. The van der Waals surface area contributed by atoms with E-state index in [0.29, 0.717) is 31.2 Å². The molecule has 4 heteroatoms. The molecule has 0 spiro atoms. The molecule has 1 saturated heterocycles. The van der Waals surface area contributed by atoms with Crippen molar-refractivity contribution in [3.8, 4) is 0 Å². The summed E-state index contributed by atoms with van der Waals surface area (Å²) in [7, 11) is 1.37. The third-order valence-corrected chi connectivity index (χ3v) is 3.00. The lowest BCUT2D eigenvalue weighted by atomic mass is 9.95. The van der Waals surface area contributed by atoms with E-state index in [4.69, 9.17) is 0 Å². The molecule has 0 aromatic rings. The van der Waals surface area contributed by atoms with Crippen LogP contribution in [0.1, 0.15) is 26.7 Å². The summed E-state index contributed by atoms with van der Waals surface area (Å²) in [6.45, 7) is 5.53. The molecule has 0 saturated carbocycles. The quantitative estimate of drug-likeness (QED) is 0.656. The highest BCUT2D eigenvalue weighted by Crippen LogP contribution is 2.24. The maximum absolute atomic E-state index is 11.6. The maximum atomic E-state index is 11.6. The van der Waals surface area contributed by atoms with Gasteiger partial charge in [-0.2, -0.15) is 0 Å². The summed E-state index contributed by atoms with van der Waals surface area (Å²) < 4.78 is 4.54. The van der Waals surface area contributed by atoms with Gasteiger partial charge in [0.05, 0.1) is 13.5 Å². The van der Waals surface area contributed by atoms with Crippen molar-refractivity contribution < 1.29 is 14.3 Å². The van der Waals surface area contributed by atoms with Crippen LogP contribution in [0.2, 0.25) is 0 Å². The molecule has 1 amide bonds. The van der Waals surface area contributed by atoms with E-state index in [1.54, 1.807) is 4.90 Å². The van der Waals surface area contributed by atoms with Crippen molar-refractivity contribution in [1.29, 1.82) is 0 Å². The zero-order chi connectivity index (χ0) is 11.4. The van der Waals surface area contributed by atoms with Crippen LogP contribution in [-0.2, 0) is 14.3 Å². The van der Waals surface area contributed by atoms with Crippen molar-refractivity contribution in [3.63, 3.8) is 0 Å². The number of hydrogen-bond acceptors (Lipinski definition) is 3. The summed E-state index contributed by atoms with van der Waals surface area (Å²) in [5, 5.41) is 0. The third-order valence-electron chi connectivity index (χ3n) is 3.00. The van der Waals surface area contributed by atoms with E-state index in [2.05, 4.69) is 18.6 Å². The van der Waals surface area contributed by atoms with E-state index in [1.165, 1.54) is 7.11 Å². The number of nitrogens with zero attached hydrogens (tertiary/aromatic N) is 1. The summed E-state index contributed by atoms with van der Waals surface area (Å²) in [6.07, 6.45) is 0.923. The van der Waals surface area contributed by atoms with Crippen LogP contribution in [0.5, 0.6) is 0 Å². The lowest BCUT2D eigenvalue weighted by Gasteiger charge is -2.17. The number of carbonyl (C=O) groups is 2. The first-order valence-corrected chi connectivity index (χ1v) is 5.39. The summed E-state index contributed by atoms with van der Waals surface area (Å²) in [4.78, 5) is 24.3. The fraction of sp³-hybridized carbons (Fsp3) is 0.818. The normalized spacial score (nSPS) is 21.2. The molecule has 1 fully saturated rings. The van der Waals surface area contributed by atoms with Crippen LogP contribution in [0.25, 0.3) is 0 Å². The van der Waals surface area contributed by atoms with Gasteiger partial charge in [-0.05, 0) is 11.8 Å². The molecule has 0 aromatic carbocycles. The van der Waals surface area contributed by atoms with Crippen LogP contribution in [0, 0.1) is 11.8 Å². The van der Waals surface area contributed by atoms with E-state index in [-0.39, 0.29) is 11.9 Å². The fourth-order valence-electron chi connectivity index (χ4n) is 1.79. The summed E-state index contributed by atoms with van der Waals surface area (Å²) >= 11 is 0. The average molecular weight is 213 g/mol. The molecule has 86 valence electrons. The molecular formula is C11H19NO3. The molecule has 15 heavy (non-hydrogen) atoms. The largest absolute Gasteiger partial charge is 0.469 e. The smallest absolute Gasteiger partial charge is 0.307 e. The Labute approximate surface area is 90.6 Å². The minimum Gasteiger partial charge on any atom is -0.469 e. The predicted octanol–water partition coefficient (Wildman–Crippen LogP) is 1.05. The highest BCUT2D eigenvalue weighted by molar-refractivity contribution is 5.79. The zero-order valence-corrected chi connectivity index (χ0v) is 9.66. The van der Waals surface area contributed by atoms with Crippen LogP contribution >= 0.6 is 0 Å². The van der Waals surface area contributed by atoms with E-state index in [9.17, 15) is 9.59 Å². The third kappa shape index (κ3) is 3.22. The van der Waals surface area contributed by atoms with Crippen LogP contribution < -0.4 is 0 Å². The molecule has 0 radical (unpaired) electrons. The molecule has 0 aliphatic carbocycles. The number of amides is 1. The lowest BCUT2D eigenvalue weighted by Crippen LogP contribution is -2.28. The first-order chi connectivity index (χ1) is 7.04. The summed E-state index contributed by atoms with van der Waals surface area (Å²) in [5.74, 6) is 0.876. The molecule has 1 atom stereocenters. The molecule has 0 bridgehead atoms. The van der Waals surface area contributed by atoms with Gasteiger partial charge >= 0.3 is 5.97 Å². The second-order valence-electron chi connectivity index (χ2n) is 4.37. The maximum Gasteiger partial charge on any atom is 0.307 e. The van der Waals surface area contributed by atoms with Crippen LogP contribution in [0.3, 0.4) is 0 Å². The standard InChI is InChI=1S/C11H19NO3/c1-8(2)9-6-10(13)12(7-9)5-4-11(14)15-3/h8-9H,4-7H2,1-3H3. The van der Waals surface area contributed by atoms with Gasteiger partial charge in [0.2, 0.25) is 5.91 Å². The van der Waals surface area contributed by atoms with Gasteiger partial charge < -0.3 is 9.64 Å². The van der Waals surface area contributed by atoms with Gasteiger partial charge in [0, 0.05) is 19.5 Å². The number of methoxy groups -OCH3 is 1. The minimum atomic E-state index is -0.254. The number of hydrogen-bond donors (Lipinski definition) is 0. The molecule has 1 unspecified atom stereocenters. The van der Waals surface area contributed by atoms with Gasteiger partial charge in [0.1, 0.15) is 0 Å². The predicted molar refractivity (Wildman–Crippen MR) is 56.2 cm³/mol. The Morgan fingerprint density at radius 3 is 2.73 bits per heavy atom. The second-order valence-corrected chi connectivity index (χ2v) is 4.37. The molecule has 1 heterocycles. The monoisotopic (exact) mass is 213 g/mol. The van der Waals surface area contributed by atoms with Crippen LogP contribution in [0.4, 0.5) is 0 Å². The van der Waals surface area contributed by atoms with Gasteiger partial charge in [-0.1, -0.05) is 13.8 Å². The number of ether oxygens (including phenoxy) is 1. The van der Waals surface area contributed by atoms with Gasteiger partial charge in [-0.3, -0.25) is 9.59 Å². The molecule has 1 aliphatic rings. The average Bonchev–Trinajstić information content (AvgIpc) is 2.56. The van der Waals surface area contributed by atoms with Crippen LogP contribution in [0.15, 0.2) is 0 Å². The molecule has 0 N–H and O–H groups in total. The van der Waals surface area contributed by atoms with Gasteiger partial charge in [-0.25, -0.2) is 0 Å². The topological polar surface area (TPSA) is 46.6 Å². The molecular weight excluding hydrogens is 194 g/mol. The number of carbonyl (C=O) groups excluding carboxylic acids is 2. The molecule has 1 rings (SSSR count). The van der Waals surface area contributed by atoms with Gasteiger partial charge in [0.15, 0.2) is 0 Å². The Morgan fingerprint density at radius 1 is 1.60 bits per heavy atom. The molecule has 1 aliphatic heterocycles. The lowest BCUT2D eigenvalue weighted by molar-refractivity contribution is -0.141. The van der Waals surface area contributed by atoms with Crippen LogP contribution in [-0.4, -0.2) is 37.0 Å². The number of rotatable bonds is 4. The van der Waals surface area contributed by atoms with E-state index in [0.717, 1.165) is 6.54 Å². The SMILES string of the molecule is COC(=O)CCN1CC(C(C)C)CC1=O. The number of esters is 1. The highest BCUT2D eigenvalue weighted by atomic mass is 16.5. The van der Waals surface area contributed by atoms with Gasteiger partial charge in [0.25, 0.3) is 0 Å². The van der Waals surface area contributed by atoms with Crippen molar-refractivity contribution in [1.82, 2.24) is 4.90 Å². The fourth-order valence-corrected chi connectivity index (χ4v) is 1.79. The minimum absolute atomic E-state index is 0.164. The second kappa shape index (κ2) is 5.14. The van der Waals surface area contributed by atoms with E-state index < -0.39 is 0 Å². The zero-order valence-electron chi connectivity index (χ0n) is 9.66. The molecule has 0 aromatic heterocycles. The van der Waals surface area contributed by atoms with E-state index >= 15 is 0 Å². The van der Waals surface area contributed by atoms with Gasteiger partial charge in [-0.15, -0.1) is 0 Å². The van der Waals surface area contributed by atoms with Crippen molar-refractivity contribution in [2.45, 2.75) is 26.7 Å². The van der Waals surface area contributed by atoms with Crippen molar-refractivity contribution >= 4 is 11.9 Å². The summed E-state index contributed by atoms with van der Waals surface area (Å²) in [6, 6.07) is 0. The Morgan fingerprint density at radius 2 is 2.27 bits per heavy atom. The van der Waals surface area contributed by atoms with Crippen molar-refractivity contribution in [3.05, 3.63) is 0 Å². The molecule has 4 nitrogen and oxygen atoms in total. The van der Waals surface area contributed by atoms with Crippen molar-refractivity contribution in [2.24, 2.45) is 11.8 Å². The first-order valence-electron chi connectivity index (χ1n) is 5.39. The summed E-state index contributed by atoms with van der Waals surface area (Å²) in [5.41, 5.74) is 0. The Kier molecular flexibility index (Phi) is 4.12. The van der Waals surface area contributed by atoms with E-state index in [1.807, 2.05) is 0 Å². The first kappa shape index (κ1) is 12.0. The van der Waals surface area contributed by atoms with Crippen molar-refractivity contribution in [2.75, 3.05) is 20.2 Å². The number of likely N-dealkylation sites (tertiary alicyclic amines) is 1. The Balaban J connectivity index is 2.37. The Hall–Kier alpha value is -1.06. The highest BCUT2D eigenvalue weighted by Gasteiger charge is 2.31.